The van der Waals surface area contributed by atoms with Crippen molar-refractivity contribution in [3.63, 3.8) is 0 Å². The minimum absolute atomic E-state index is 0.128. The summed E-state index contributed by atoms with van der Waals surface area (Å²) in [6.07, 6.45) is 0. The van der Waals surface area contributed by atoms with Crippen molar-refractivity contribution in [2.24, 2.45) is 22.2 Å². The van der Waals surface area contributed by atoms with Gasteiger partial charge < -0.3 is 17.2 Å². The number of aliphatic imine (C=N–C) groups is 1. The van der Waals surface area contributed by atoms with E-state index in [9.17, 15) is 4.79 Å². The lowest BCUT2D eigenvalue weighted by Crippen LogP contribution is -2.17. The third kappa shape index (κ3) is 2.53. The van der Waals surface area contributed by atoms with Crippen LogP contribution in [0, 0.1) is 0 Å². The number of hydrogen-bond acceptors (Lipinski definition) is 3. The Hall–Kier alpha value is -1.40. The molecule has 13 heavy (non-hydrogen) atoms. The standard InChI is InChI=1S/C7H10N4OS/c8-2-5-1-4(3-13-5)6(9)11-7(10)12/h1,3H,2,8H2,(H4,9,10,11,12). The normalized spacial score (nSPS) is 11.6. The Bertz CT molecular complexity index is 344. The van der Waals surface area contributed by atoms with Crippen molar-refractivity contribution in [1.29, 1.82) is 0 Å². The van der Waals surface area contributed by atoms with Crippen molar-refractivity contribution in [1.82, 2.24) is 0 Å². The molecule has 0 saturated carbocycles. The Morgan fingerprint density at radius 3 is 2.69 bits per heavy atom. The highest BCUT2D eigenvalue weighted by atomic mass is 32.1. The second-order valence-corrected chi connectivity index (χ2v) is 3.34. The fourth-order valence-corrected chi connectivity index (χ4v) is 1.56. The molecule has 0 aliphatic heterocycles. The van der Waals surface area contributed by atoms with Gasteiger partial charge in [0.2, 0.25) is 0 Å². The van der Waals surface area contributed by atoms with Gasteiger partial charge in [0.05, 0.1) is 0 Å². The van der Waals surface area contributed by atoms with Crippen molar-refractivity contribution in [2.75, 3.05) is 0 Å². The lowest BCUT2D eigenvalue weighted by Gasteiger charge is -1.92. The molecule has 1 rings (SSSR count). The van der Waals surface area contributed by atoms with Crippen LogP contribution in [0.2, 0.25) is 0 Å². The van der Waals surface area contributed by atoms with E-state index in [1.54, 1.807) is 11.4 Å². The fourth-order valence-electron chi connectivity index (χ4n) is 0.805. The number of nitrogens with two attached hydrogens (primary N) is 3. The molecule has 1 aromatic rings. The highest BCUT2D eigenvalue weighted by molar-refractivity contribution is 7.10. The van der Waals surface area contributed by atoms with Crippen LogP contribution in [0.15, 0.2) is 16.4 Å². The molecule has 0 fully saturated rings. The largest absolute Gasteiger partial charge is 0.383 e. The van der Waals surface area contributed by atoms with Gasteiger partial charge in [0.15, 0.2) is 0 Å². The number of primary amides is 1. The van der Waals surface area contributed by atoms with Crippen LogP contribution in [0.4, 0.5) is 4.79 Å². The molecule has 5 nitrogen and oxygen atoms in total. The molecule has 0 bridgehead atoms. The van der Waals surface area contributed by atoms with E-state index in [4.69, 9.17) is 17.2 Å². The van der Waals surface area contributed by atoms with Crippen LogP contribution in [0.1, 0.15) is 10.4 Å². The van der Waals surface area contributed by atoms with Gasteiger partial charge in [-0.2, -0.15) is 4.99 Å². The summed E-state index contributed by atoms with van der Waals surface area (Å²) in [5, 5.41) is 1.78. The Balaban J connectivity index is 2.88. The molecule has 70 valence electrons. The lowest BCUT2D eigenvalue weighted by molar-refractivity contribution is 0.256. The van der Waals surface area contributed by atoms with Crippen LogP contribution in [-0.4, -0.2) is 11.9 Å². The number of carbonyl (C=O) groups excluding carboxylic acids is 1. The average molecular weight is 198 g/mol. The molecule has 0 unspecified atom stereocenters. The molecule has 0 saturated heterocycles. The maximum atomic E-state index is 10.4. The van der Waals surface area contributed by atoms with Gasteiger partial charge in [0.1, 0.15) is 5.84 Å². The first-order valence-electron chi connectivity index (χ1n) is 3.55. The molecule has 1 aromatic heterocycles. The number of urea groups is 1. The number of thiophene rings is 1. The number of hydrogen-bond donors (Lipinski definition) is 3. The average Bonchev–Trinajstić information content (AvgIpc) is 2.50. The van der Waals surface area contributed by atoms with Crippen LogP contribution in [0.25, 0.3) is 0 Å². The van der Waals surface area contributed by atoms with Gasteiger partial charge in [0.25, 0.3) is 0 Å². The molecule has 6 heteroatoms. The summed E-state index contributed by atoms with van der Waals surface area (Å²) in [6, 6.07) is 0.991. The monoisotopic (exact) mass is 198 g/mol. The predicted molar refractivity (Wildman–Crippen MR) is 52.5 cm³/mol. The number of carbonyl (C=O) groups is 1. The van der Waals surface area contributed by atoms with Crippen LogP contribution in [0.3, 0.4) is 0 Å². The summed E-state index contributed by atoms with van der Waals surface area (Å²) >= 11 is 1.47. The molecular formula is C7H10N4OS. The minimum atomic E-state index is -0.794. The summed E-state index contributed by atoms with van der Waals surface area (Å²) < 4.78 is 0. The Morgan fingerprint density at radius 1 is 1.54 bits per heavy atom. The van der Waals surface area contributed by atoms with E-state index in [0.29, 0.717) is 12.1 Å². The van der Waals surface area contributed by atoms with Gasteiger partial charge in [-0.15, -0.1) is 11.3 Å². The van der Waals surface area contributed by atoms with Crippen molar-refractivity contribution in [2.45, 2.75) is 6.54 Å². The van der Waals surface area contributed by atoms with Gasteiger partial charge in [-0.1, -0.05) is 0 Å². The molecule has 0 aliphatic carbocycles. The van der Waals surface area contributed by atoms with E-state index in [1.807, 2.05) is 0 Å². The molecule has 0 spiro atoms. The Kier molecular flexibility index (Phi) is 2.99. The van der Waals surface area contributed by atoms with Gasteiger partial charge in [-0.3, -0.25) is 0 Å². The number of rotatable bonds is 2. The lowest BCUT2D eigenvalue weighted by atomic mass is 10.3. The third-order valence-electron chi connectivity index (χ3n) is 1.38. The predicted octanol–water partition coefficient (Wildman–Crippen LogP) is -0.00920. The van der Waals surface area contributed by atoms with Gasteiger partial charge in [-0.25, -0.2) is 4.79 Å². The summed E-state index contributed by atoms with van der Waals surface area (Å²) in [7, 11) is 0. The second-order valence-electron chi connectivity index (χ2n) is 2.34. The number of nitrogens with zero attached hydrogens (tertiary/aromatic N) is 1. The molecule has 0 atom stereocenters. The third-order valence-corrected chi connectivity index (χ3v) is 2.34. The van der Waals surface area contributed by atoms with E-state index in [1.165, 1.54) is 11.3 Å². The van der Waals surface area contributed by atoms with Gasteiger partial charge in [0, 0.05) is 22.4 Å². The Labute approximate surface area is 79.2 Å². The smallest absolute Gasteiger partial charge is 0.340 e. The zero-order valence-corrected chi connectivity index (χ0v) is 7.67. The zero-order valence-electron chi connectivity index (χ0n) is 6.86. The summed E-state index contributed by atoms with van der Waals surface area (Å²) in [5.41, 5.74) is 16.4. The van der Waals surface area contributed by atoms with E-state index < -0.39 is 6.03 Å². The molecule has 0 radical (unpaired) electrons. The highest BCUT2D eigenvalue weighted by Gasteiger charge is 2.03. The summed E-state index contributed by atoms with van der Waals surface area (Å²) in [6.45, 7) is 0.453. The molecule has 1 heterocycles. The maximum absolute atomic E-state index is 10.4. The zero-order chi connectivity index (χ0) is 9.84. The number of amidine groups is 1. The molecule has 0 aliphatic rings. The first-order chi connectivity index (χ1) is 6.13. The summed E-state index contributed by atoms with van der Waals surface area (Å²) in [4.78, 5) is 14.8. The molecular weight excluding hydrogens is 188 g/mol. The topological polar surface area (TPSA) is 107 Å². The maximum Gasteiger partial charge on any atom is 0.340 e. The van der Waals surface area contributed by atoms with Crippen LogP contribution >= 0.6 is 11.3 Å². The van der Waals surface area contributed by atoms with E-state index in [2.05, 4.69) is 4.99 Å². The first kappa shape index (κ1) is 9.69. The number of amides is 2. The van der Waals surface area contributed by atoms with Crippen molar-refractivity contribution in [3.8, 4) is 0 Å². The fraction of sp³-hybridized carbons (Fsp3) is 0.143. The molecule has 2 amide bonds. The Morgan fingerprint density at radius 2 is 2.23 bits per heavy atom. The minimum Gasteiger partial charge on any atom is -0.383 e. The first-order valence-corrected chi connectivity index (χ1v) is 4.43. The van der Waals surface area contributed by atoms with Crippen LogP contribution < -0.4 is 17.2 Å². The van der Waals surface area contributed by atoms with E-state index in [0.717, 1.165) is 4.88 Å². The quantitative estimate of drug-likeness (QED) is 0.459. The van der Waals surface area contributed by atoms with Gasteiger partial charge in [-0.05, 0) is 6.07 Å². The van der Waals surface area contributed by atoms with Crippen LogP contribution in [0.5, 0.6) is 0 Å². The summed E-state index contributed by atoms with van der Waals surface area (Å²) in [5.74, 6) is 0.128. The van der Waals surface area contributed by atoms with Crippen molar-refractivity contribution in [3.05, 3.63) is 21.9 Å². The van der Waals surface area contributed by atoms with Crippen molar-refractivity contribution >= 4 is 23.2 Å². The van der Waals surface area contributed by atoms with Crippen LogP contribution in [-0.2, 0) is 6.54 Å². The molecule has 0 aromatic carbocycles. The SMILES string of the molecule is NCc1cc(C(N)=NC(N)=O)cs1. The highest BCUT2D eigenvalue weighted by Crippen LogP contribution is 2.13. The van der Waals surface area contributed by atoms with E-state index in [-0.39, 0.29) is 5.84 Å². The van der Waals surface area contributed by atoms with E-state index >= 15 is 0 Å². The molecule has 6 N–H and O–H groups in total. The van der Waals surface area contributed by atoms with Gasteiger partial charge >= 0.3 is 6.03 Å². The van der Waals surface area contributed by atoms with Crippen molar-refractivity contribution < 1.29 is 4.79 Å². The second kappa shape index (κ2) is 4.01.